The lowest BCUT2D eigenvalue weighted by Gasteiger charge is -2.43. The topological polar surface area (TPSA) is 130 Å². The first-order chi connectivity index (χ1) is 14.5. The van der Waals surface area contributed by atoms with E-state index in [1.807, 2.05) is 31.4 Å². The van der Waals surface area contributed by atoms with E-state index in [9.17, 15) is 18.5 Å². The van der Waals surface area contributed by atoms with Crippen molar-refractivity contribution in [2.24, 2.45) is 16.3 Å². The van der Waals surface area contributed by atoms with Gasteiger partial charge in [-0.25, -0.2) is 13.6 Å². The van der Waals surface area contributed by atoms with Crippen molar-refractivity contribution in [2.75, 3.05) is 4.90 Å². The van der Waals surface area contributed by atoms with Crippen LogP contribution in [0.1, 0.15) is 37.5 Å². The van der Waals surface area contributed by atoms with Gasteiger partial charge >= 0.3 is 0 Å². The molecule has 0 unspecified atom stereocenters. The number of ketones is 1. The highest BCUT2D eigenvalue weighted by atomic mass is 32.2. The van der Waals surface area contributed by atoms with E-state index < -0.39 is 15.9 Å². The zero-order valence-corrected chi connectivity index (χ0v) is 18.8. The van der Waals surface area contributed by atoms with E-state index in [2.05, 4.69) is 6.07 Å². The predicted octanol–water partition coefficient (Wildman–Crippen LogP) is 3.34. The van der Waals surface area contributed by atoms with Gasteiger partial charge in [0.2, 0.25) is 10.0 Å². The van der Waals surface area contributed by atoms with Crippen molar-refractivity contribution < 1.29 is 13.2 Å². The Morgan fingerprint density at radius 1 is 1.19 bits per heavy atom. The summed E-state index contributed by atoms with van der Waals surface area (Å²) in [5.74, 6) is -0.256. The van der Waals surface area contributed by atoms with Crippen LogP contribution in [0.2, 0.25) is 0 Å². The van der Waals surface area contributed by atoms with E-state index in [4.69, 9.17) is 10.9 Å². The number of nitrogens with zero attached hydrogens (tertiary/aromatic N) is 2. The standard InChI is InChI=1S/C22H22N4O3S2/c1-22(2)10-16-20(17(27)11-22)19(18-4-3-9-30-18)15(12-23)21(24)26(16)13-5-7-14(8-6-13)31(25,28)29/h3-9,19H,10-11,24H2,1-2H3,(H2,25,28,29)/t19-/m0/s1. The van der Waals surface area contributed by atoms with E-state index in [0.29, 0.717) is 29.7 Å². The predicted molar refractivity (Wildman–Crippen MR) is 119 cm³/mol. The SMILES string of the molecule is CC1(C)CC(=O)C2=C(C1)N(c1ccc(S(N)(=O)=O)cc1)C(N)=C(C#N)[C@H]2c1cccs1. The number of carbonyl (C=O) groups is 1. The van der Waals surface area contributed by atoms with Gasteiger partial charge in [-0.1, -0.05) is 19.9 Å². The van der Waals surface area contributed by atoms with Crippen molar-refractivity contribution in [3.8, 4) is 6.07 Å². The van der Waals surface area contributed by atoms with Crippen LogP contribution in [-0.2, 0) is 14.8 Å². The lowest BCUT2D eigenvalue weighted by atomic mass is 9.69. The van der Waals surface area contributed by atoms with Gasteiger partial charge in [0.15, 0.2) is 5.78 Å². The number of hydrogen-bond acceptors (Lipinski definition) is 7. The first-order valence-corrected chi connectivity index (χ1v) is 12.1. The number of rotatable bonds is 3. The Balaban J connectivity index is 1.95. The van der Waals surface area contributed by atoms with Gasteiger partial charge in [-0.2, -0.15) is 5.26 Å². The van der Waals surface area contributed by atoms with Crippen LogP contribution in [-0.4, -0.2) is 14.2 Å². The third kappa shape index (κ3) is 3.67. The van der Waals surface area contributed by atoms with E-state index in [-0.39, 0.29) is 21.9 Å². The maximum Gasteiger partial charge on any atom is 0.238 e. The Labute approximate surface area is 185 Å². The maximum absolute atomic E-state index is 13.3. The van der Waals surface area contributed by atoms with E-state index in [1.165, 1.54) is 23.5 Å². The Hall–Kier alpha value is -2.93. The number of carbonyl (C=O) groups excluding carboxylic acids is 1. The van der Waals surface area contributed by atoms with Gasteiger partial charge in [0.25, 0.3) is 0 Å². The molecule has 31 heavy (non-hydrogen) atoms. The molecular formula is C22H22N4O3S2. The molecule has 1 atom stereocenters. The van der Waals surface area contributed by atoms with E-state index in [1.54, 1.807) is 17.0 Å². The van der Waals surface area contributed by atoms with Crippen LogP contribution in [0.3, 0.4) is 0 Å². The van der Waals surface area contributed by atoms with Crippen LogP contribution in [0.25, 0.3) is 0 Å². The van der Waals surface area contributed by atoms with Crippen molar-refractivity contribution >= 4 is 32.8 Å². The average molecular weight is 455 g/mol. The Morgan fingerprint density at radius 3 is 2.42 bits per heavy atom. The molecule has 1 aromatic heterocycles. The van der Waals surface area contributed by atoms with E-state index >= 15 is 0 Å². The quantitative estimate of drug-likeness (QED) is 0.731. The van der Waals surface area contributed by atoms with Crippen LogP contribution in [0, 0.1) is 16.7 Å². The number of Topliss-reactive ketones (excluding diaryl/α,β-unsaturated/α-hetero) is 1. The second-order valence-corrected chi connectivity index (χ2v) is 11.1. The number of primary sulfonamides is 1. The third-order valence-corrected chi connectivity index (χ3v) is 7.50. The molecule has 1 aromatic carbocycles. The van der Waals surface area contributed by atoms with Gasteiger partial charge in [0, 0.05) is 28.3 Å². The van der Waals surface area contributed by atoms with Crippen molar-refractivity contribution in [3.63, 3.8) is 0 Å². The number of hydrogen-bond donors (Lipinski definition) is 2. The number of nitriles is 1. The molecule has 9 heteroatoms. The molecule has 0 bridgehead atoms. The molecule has 0 fully saturated rings. The molecule has 7 nitrogen and oxygen atoms in total. The minimum atomic E-state index is -3.85. The molecule has 160 valence electrons. The zero-order chi connectivity index (χ0) is 22.6. The molecule has 4 rings (SSSR count). The van der Waals surface area contributed by atoms with Crippen LogP contribution >= 0.6 is 11.3 Å². The molecule has 0 amide bonds. The lowest BCUT2D eigenvalue weighted by Crippen LogP contribution is -2.42. The van der Waals surface area contributed by atoms with Gasteiger partial charge in [0.1, 0.15) is 5.82 Å². The minimum Gasteiger partial charge on any atom is -0.384 e. The van der Waals surface area contributed by atoms with Crippen molar-refractivity contribution in [1.82, 2.24) is 0 Å². The van der Waals surface area contributed by atoms with Crippen LogP contribution in [0.4, 0.5) is 5.69 Å². The molecule has 2 aromatic rings. The number of nitrogens with two attached hydrogens (primary N) is 2. The second-order valence-electron chi connectivity index (χ2n) is 8.53. The third-order valence-electron chi connectivity index (χ3n) is 5.63. The summed E-state index contributed by atoms with van der Waals surface area (Å²) >= 11 is 1.48. The van der Waals surface area contributed by atoms with E-state index in [0.717, 1.165) is 10.6 Å². The zero-order valence-electron chi connectivity index (χ0n) is 17.1. The highest BCUT2D eigenvalue weighted by molar-refractivity contribution is 7.89. The van der Waals surface area contributed by atoms with Crippen molar-refractivity contribution in [2.45, 2.75) is 37.5 Å². The summed E-state index contributed by atoms with van der Waals surface area (Å²) in [4.78, 5) is 15.9. The number of allylic oxidation sites excluding steroid dienone is 3. The number of sulfonamides is 1. The van der Waals surface area contributed by atoms with Gasteiger partial charge in [-0.15, -0.1) is 11.3 Å². The first kappa shape index (κ1) is 21.3. The summed E-state index contributed by atoms with van der Waals surface area (Å²) in [5, 5.41) is 17.1. The monoisotopic (exact) mass is 454 g/mol. The molecule has 0 radical (unpaired) electrons. The molecule has 0 spiro atoms. The Morgan fingerprint density at radius 2 is 1.87 bits per heavy atom. The fourth-order valence-electron chi connectivity index (χ4n) is 4.33. The Bertz CT molecular complexity index is 1270. The molecule has 1 aliphatic carbocycles. The number of benzene rings is 1. The lowest BCUT2D eigenvalue weighted by molar-refractivity contribution is -0.118. The maximum atomic E-state index is 13.3. The average Bonchev–Trinajstić information content (AvgIpc) is 3.20. The first-order valence-electron chi connectivity index (χ1n) is 9.66. The molecular weight excluding hydrogens is 432 g/mol. The number of anilines is 1. The molecule has 4 N–H and O–H groups in total. The van der Waals surface area contributed by atoms with Gasteiger partial charge in [-0.3, -0.25) is 9.69 Å². The fraction of sp³-hybridized carbons (Fsp3) is 0.273. The minimum absolute atomic E-state index is 0.00365. The van der Waals surface area contributed by atoms with Crippen LogP contribution < -0.4 is 15.8 Å². The summed E-state index contributed by atoms with van der Waals surface area (Å²) < 4.78 is 23.3. The summed E-state index contributed by atoms with van der Waals surface area (Å²) in [7, 11) is -3.85. The summed E-state index contributed by atoms with van der Waals surface area (Å²) in [6, 6.07) is 12.0. The van der Waals surface area contributed by atoms with Crippen LogP contribution in [0.5, 0.6) is 0 Å². The Kier molecular flexibility index (Phi) is 5.04. The summed E-state index contributed by atoms with van der Waals surface area (Å²) in [5.41, 5.74) is 8.46. The summed E-state index contributed by atoms with van der Waals surface area (Å²) in [6.07, 6.45) is 0.969. The van der Waals surface area contributed by atoms with Crippen molar-refractivity contribution in [1.29, 1.82) is 5.26 Å². The largest absolute Gasteiger partial charge is 0.384 e. The highest BCUT2D eigenvalue weighted by Gasteiger charge is 2.44. The van der Waals surface area contributed by atoms with Crippen molar-refractivity contribution in [3.05, 3.63) is 69.3 Å². The number of thiophene rings is 1. The van der Waals surface area contributed by atoms with Gasteiger partial charge in [-0.05, 0) is 47.5 Å². The van der Waals surface area contributed by atoms with Gasteiger partial charge < -0.3 is 5.73 Å². The second kappa shape index (κ2) is 7.34. The van der Waals surface area contributed by atoms with Gasteiger partial charge in [0.05, 0.1) is 22.5 Å². The fourth-order valence-corrected chi connectivity index (χ4v) is 5.69. The molecule has 0 saturated carbocycles. The molecule has 2 aliphatic rings. The molecule has 0 saturated heterocycles. The summed E-state index contributed by atoms with van der Waals surface area (Å²) in [6.45, 7) is 4.05. The molecule has 1 aliphatic heterocycles. The molecule has 2 heterocycles. The normalized spacial score (nSPS) is 21.2. The highest BCUT2D eigenvalue weighted by Crippen LogP contribution is 2.50. The van der Waals surface area contributed by atoms with Crippen LogP contribution in [0.15, 0.2) is 69.3 Å². The smallest absolute Gasteiger partial charge is 0.238 e.